The lowest BCUT2D eigenvalue weighted by Gasteiger charge is -2.26. The largest absolute Gasteiger partial charge is 0.371 e. The average molecular weight is 342 g/mol. The van der Waals surface area contributed by atoms with E-state index < -0.39 is 0 Å². The van der Waals surface area contributed by atoms with Crippen LogP contribution in [0.4, 0.5) is 0 Å². The van der Waals surface area contributed by atoms with Gasteiger partial charge in [-0.3, -0.25) is 9.78 Å². The lowest BCUT2D eigenvalue weighted by atomic mass is 10.0. The van der Waals surface area contributed by atoms with Crippen molar-refractivity contribution in [3.05, 3.63) is 62.8 Å². The number of nitrogens with one attached hydrogen (secondary N) is 3. The molecule has 0 bridgehead atoms. The van der Waals surface area contributed by atoms with Crippen molar-refractivity contribution in [2.45, 2.75) is 12.6 Å². The van der Waals surface area contributed by atoms with E-state index in [9.17, 15) is 4.79 Å². The van der Waals surface area contributed by atoms with Crippen molar-refractivity contribution < 1.29 is 4.74 Å². The first-order valence-electron chi connectivity index (χ1n) is 7.94. The summed E-state index contributed by atoms with van der Waals surface area (Å²) in [4.78, 5) is 17.7. The summed E-state index contributed by atoms with van der Waals surface area (Å²) in [6.45, 7) is 2.97. The van der Waals surface area contributed by atoms with Crippen molar-refractivity contribution in [3.63, 3.8) is 0 Å². The smallest absolute Gasteiger partial charge is 0.276 e. The second kappa shape index (κ2) is 6.35. The molecule has 1 fully saturated rings. The fourth-order valence-electron chi connectivity index (χ4n) is 3.19. The highest BCUT2D eigenvalue weighted by molar-refractivity contribution is 7.71. The van der Waals surface area contributed by atoms with E-state index in [1.54, 1.807) is 6.20 Å². The summed E-state index contributed by atoms with van der Waals surface area (Å²) in [5.41, 5.74) is 3.44. The van der Waals surface area contributed by atoms with Gasteiger partial charge in [-0.15, -0.1) is 0 Å². The molecule has 0 spiro atoms. The Morgan fingerprint density at radius 3 is 3.00 bits per heavy atom. The fraction of sp³-hybridized carbons (Fsp3) is 0.294. The van der Waals surface area contributed by atoms with Crippen molar-refractivity contribution >= 4 is 23.3 Å². The van der Waals surface area contributed by atoms with Crippen molar-refractivity contribution in [2.24, 2.45) is 0 Å². The van der Waals surface area contributed by atoms with E-state index in [1.807, 2.05) is 22.8 Å². The summed E-state index contributed by atoms with van der Waals surface area (Å²) in [5, 5.41) is 3.36. The lowest BCUT2D eigenvalue weighted by Crippen LogP contribution is -2.33. The van der Waals surface area contributed by atoms with Crippen molar-refractivity contribution in [1.29, 1.82) is 0 Å². The monoisotopic (exact) mass is 342 g/mol. The van der Waals surface area contributed by atoms with Crippen LogP contribution < -0.4 is 10.9 Å². The van der Waals surface area contributed by atoms with Gasteiger partial charge in [-0.25, -0.2) is 0 Å². The topological polar surface area (TPSA) is 74.8 Å². The number of morpholine rings is 1. The van der Waals surface area contributed by atoms with Gasteiger partial charge in [-0.1, -0.05) is 24.3 Å². The van der Waals surface area contributed by atoms with Crippen LogP contribution >= 0.6 is 12.2 Å². The van der Waals surface area contributed by atoms with E-state index >= 15 is 0 Å². The van der Waals surface area contributed by atoms with Gasteiger partial charge in [-0.05, 0) is 29.4 Å². The predicted molar refractivity (Wildman–Crippen MR) is 94.9 cm³/mol. The molecule has 0 unspecified atom stereocenters. The molecule has 3 aromatic rings. The quantitative estimate of drug-likeness (QED) is 0.637. The van der Waals surface area contributed by atoms with Crippen molar-refractivity contribution in [1.82, 2.24) is 19.9 Å². The summed E-state index contributed by atoms with van der Waals surface area (Å²) in [7, 11) is 0. The van der Waals surface area contributed by atoms with Crippen LogP contribution in [0.2, 0.25) is 0 Å². The van der Waals surface area contributed by atoms with E-state index in [2.05, 4.69) is 27.4 Å². The van der Waals surface area contributed by atoms with Gasteiger partial charge in [0.2, 0.25) is 0 Å². The molecule has 1 saturated heterocycles. The Balaban J connectivity index is 1.78. The molecule has 3 heterocycles. The average Bonchev–Trinajstić information content (AvgIpc) is 3.10. The number of rotatable bonds is 3. The lowest BCUT2D eigenvalue weighted by molar-refractivity contribution is 0.0271. The summed E-state index contributed by atoms with van der Waals surface area (Å²) in [5.74, 6) is 0. The minimum absolute atomic E-state index is 0.0357. The van der Waals surface area contributed by atoms with Crippen LogP contribution in [0, 0.1) is 4.77 Å². The molecule has 124 valence electrons. The second-order valence-corrected chi connectivity index (χ2v) is 6.23. The van der Waals surface area contributed by atoms with E-state index in [0.29, 0.717) is 23.4 Å². The first-order chi connectivity index (χ1) is 11.7. The molecule has 0 saturated carbocycles. The number of aromatic amines is 2. The Bertz CT molecular complexity index is 982. The summed E-state index contributed by atoms with van der Waals surface area (Å²) < 4.78 is 8.27. The summed E-state index contributed by atoms with van der Waals surface area (Å²) in [6.07, 6.45) is 1.79. The molecule has 1 aromatic carbocycles. The van der Waals surface area contributed by atoms with E-state index in [4.69, 9.17) is 17.0 Å². The Morgan fingerprint density at radius 1 is 1.29 bits per heavy atom. The molecule has 1 aliphatic rings. The molecular formula is C17H18N4O2S. The van der Waals surface area contributed by atoms with Crippen molar-refractivity contribution in [2.75, 3.05) is 19.7 Å². The van der Waals surface area contributed by atoms with Gasteiger partial charge in [0.15, 0.2) is 4.77 Å². The molecule has 1 aliphatic heterocycles. The molecule has 4 rings (SSSR count). The molecule has 24 heavy (non-hydrogen) atoms. The number of aromatic nitrogens is 3. The third-order valence-corrected chi connectivity index (χ3v) is 4.69. The van der Waals surface area contributed by atoms with Crippen molar-refractivity contribution in [3.8, 4) is 0 Å². The number of hydrogen-bond donors (Lipinski definition) is 3. The fourth-order valence-corrected chi connectivity index (χ4v) is 3.44. The summed E-state index contributed by atoms with van der Waals surface area (Å²) in [6, 6.07) is 10.1. The number of hydrogen-bond acceptors (Lipinski definition) is 4. The number of benzene rings is 1. The van der Waals surface area contributed by atoms with Gasteiger partial charge in [0.05, 0.1) is 24.8 Å². The summed E-state index contributed by atoms with van der Waals surface area (Å²) >= 11 is 5.38. The van der Waals surface area contributed by atoms with Gasteiger partial charge in [-0.2, -0.15) is 0 Å². The standard InChI is InChI=1S/C17H18N4O2S/c22-16-15-13(5-6-19-15)21(17(24)20-16)10-11-3-1-2-4-12(11)14-9-18-7-8-23-14/h1-6,14,18-19H,7-10H2,(H,20,22,24)/t14-/m0/s1. The Labute approximate surface area is 143 Å². The van der Waals surface area contributed by atoms with Crippen LogP contribution in [0.3, 0.4) is 0 Å². The van der Waals surface area contributed by atoms with Crippen LogP contribution in [0.5, 0.6) is 0 Å². The Kier molecular flexibility index (Phi) is 4.05. The van der Waals surface area contributed by atoms with Gasteiger partial charge in [0.1, 0.15) is 5.52 Å². The minimum atomic E-state index is -0.190. The second-order valence-electron chi connectivity index (χ2n) is 5.85. The Morgan fingerprint density at radius 2 is 2.17 bits per heavy atom. The first-order valence-corrected chi connectivity index (χ1v) is 8.35. The van der Waals surface area contributed by atoms with E-state index in [0.717, 1.165) is 29.7 Å². The molecule has 3 N–H and O–H groups in total. The molecule has 1 atom stereocenters. The zero-order chi connectivity index (χ0) is 16.5. The maximum absolute atomic E-state index is 12.0. The van der Waals surface area contributed by atoms with Gasteiger partial charge in [0.25, 0.3) is 5.56 Å². The molecular weight excluding hydrogens is 324 g/mol. The highest BCUT2D eigenvalue weighted by atomic mass is 32.1. The Hall–Kier alpha value is -2.22. The van der Waals surface area contributed by atoms with Gasteiger partial charge < -0.3 is 19.6 Å². The number of fused-ring (bicyclic) bond motifs is 1. The molecule has 6 nitrogen and oxygen atoms in total. The van der Waals surface area contributed by atoms with Gasteiger partial charge >= 0.3 is 0 Å². The number of ether oxygens (including phenoxy) is 1. The maximum Gasteiger partial charge on any atom is 0.276 e. The highest BCUT2D eigenvalue weighted by Crippen LogP contribution is 2.24. The third-order valence-electron chi connectivity index (χ3n) is 4.37. The number of nitrogens with zero attached hydrogens (tertiary/aromatic N) is 1. The maximum atomic E-state index is 12.0. The molecule has 7 heteroatoms. The van der Waals surface area contributed by atoms with Gasteiger partial charge in [0, 0.05) is 19.3 Å². The molecule has 2 aromatic heterocycles. The van der Waals surface area contributed by atoms with E-state index in [1.165, 1.54) is 0 Å². The van der Waals surface area contributed by atoms with Crippen LogP contribution in [-0.4, -0.2) is 34.2 Å². The van der Waals surface area contributed by atoms with Crippen LogP contribution in [-0.2, 0) is 11.3 Å². The third kappa shape index (κ3) is 2.71. The molecule has 0 radical (unpaired) electrons. The van der Waals surface area contributed by atoms with Crippen LogP contribution in [0.15, 0.2) is 41.3 Å². The predicted octanol–water partition coefficient (Wildman–Crippen LogP) is 2.10. The van der Waals surface area contributed by atoms with Crippen LogP contribution in [0.1, 0.15) is 17.2 Å². The zero-order valence-corrected chi connectivity index (χ0v) is 13.9. The normalized spacial score (nSPS) is 18.1. The molecule has 0 aliphatic carbocycles. The number of H-pyrrole nitrogens is 2. The van der Waals surface area contributed by atoms with E-state index in [-0.39, 0.29) is 11.7 Å². The first kappa shape index (κ1) is 15.3. The van der Waals surface area contributed by atoms with Crippen LogP contribution in [0.25, 0.3) is 11.0 Å². The highest BCUT2D eigenvalue weighted by Gasteiger charge is 2.19. The zero-order valence-electron chi connectivity index (χ0n) is 13.0. The molecule has 0 amide bonds. The minimum Gasteiger partial charge on any atom is -0.371 e. The SMILES string of the molecule is O=c1[nH]c(=S)n(Cc2ccccc2[C@@H]2CNCCO2)c2cc[nH]c12.